The first-order valence-corrected chi connectivity index (χ1v) is 9.75. The maximum Gasteiger partial charge on any atom is 0.231 e. The Bertz CT molecular complexity index is 993. The molecule has 0 fully saturated rings. The van der Waals surface area contributed by atoms with Gasteiger partial charge in [-0.2, -0.15) is 0 Å². The number of ether oxygens (including phenoxy) is 2. The van der Waals surface area contributed by atoms with Crippen LogP contribution in [0.5, 0.6) is 11.5 Å². The molecule has 0 bridgehead atoms. The number of nitrogens with zero attached hydrogens (tertiary/aromatic N) is 2. The molecule has 27 heavy (non-hydrogen) atoms. The average Bonchev–Trinajstić information content (AvgIpc) is 3.18. The summed E-state index contributed by atoms with van der Waals surface area (Å²) in [6, 6.07) is 13.6. The lowest BCUT2D eigenvalue weighted by Gasteiger charge is -2.08. The maximum absolute atomic E-state index is 12.3. The molecule has 7 heteroatoms. The van der Waals surface area contributed by atoms with Gasteiger partial charge < -0.3 is 14.8 Å². The van der Waals surface area contributed by atoms with Crippen molar-refractivity contribution in [2.45, 2.75) is 24.9 Å². The van der Waals surface area contributed by atoms with Gasteiger partial charge in [-0.1, -0.05) is 43.0 Å². The van der Waals surface area contributed by atoms with E-state index in [9.17, 15) is 4.79 Å². The fourth-order valence-corrected chi connectivity index (χ4v) is 3.67. The predicted molar refractivity (Wildman–Crippen MR) is 104 cm³/mol. The summed E-state index contributed by atoms with van der Waals surface area (Å²) in [5, 5.41) is 4.76. The number of carbonyl (C=O) groups is 1. The van der Waals surface area contributed by atoms with E-state index in [1.165, 1.54) is 11.8 Å². The fourth-order valence-electron chi connectivity index (χ4n) is 2.80. The van der Waals surface area contributed by atoms with E-state index in [4.69, 9.17) is 9.47 Å². The van der Waals surface area contributed by atoms with Crippen LogP contribution in [0.2, 0.25) is 0 Å². The summed E-state index contributed by atoms with van der Waals surface area (Å²) in [6.07, 6.45) is 0.759. The second kappa shape index (κ2) is 7.84. The molecular formula is C20H19N3O3S. The number of benzene rings is 2. The van der Waals surface area contributed by atoms with E-state index >= 15 is 0 Å². The van der Waals surface area contributed by atoms with Crippen molar-refractivity contribution < 1.29 is 14.3 Å². The van der Waals surface area contributed by atoms with Crippen LogP contribution in [0.15, 0.2) is 47.5 Å². The first-order chi connectivity index (χ1) is 13.2. The molecule has 0 unspecified atom stereocenters. The standard InChI is InChI=1S/C20H19N3O3S/c1-2-18-22-15-6-4-3-5-14(15)20(23-18)27-11-19(24)21-10-13-7-8-16-17(9-13)26-12-25-16/h3-9H,2,10-12H2,1H3,(H,21,24). The average molecular weight is 381 g/mol. The van der Waals surface area contributed by atoms with Gasteiger partial charge in [-0.3, -0.25) is 4.79 Å². The summed E-state index contributed by atoms with van der Waals surface area (Å²) >= 11 is 1.43. The molecule has 2 heterocycles. The first kappa shape index (κ1) is 17.6. The van der Waals surface area contributed by atoms with Gasteiger partial charge in [0, 0.05) is 18.4 Å². The van der Waals surface area contributed by atoms with Crippen LogP contribution >= 0.6 is 11.8 Å². The topological polar surface area (TPSA) is 73.3 Å². The van der Waals surface area contributed by atoms with Crippen molar-refractivity contribution in [2.24, 2.45) is 0 Å². The van der Waals surface area contributed by atoms with Gasteiger partial charge in [-0.15, -0.1) is 0 Å². The number of rotatable bonds is 6. The molecular weight excluding hydrogens is 362 g/mol. The van der Waals surface area contributed by atoms with Crippen LogP contribution in [-0.4, -0.2) is 28.4 Å². The van der Waals surface area contributed by atoms with Crippen LogP contribution in [-0.2, 0) is 17.8 Å². The van der Waals surface area contributed by atoms with Gasteiger partial charge in [0.1, 0.15) is 10.9 Å². The lowest BCUT2D eigenvalue weighted by atomic mass is 10.2. The summed E-state index contributed by atoms with van der Waals surface area (Å²) in [5.41, 5.74) is 1.88. The molecule has 6 nitrogen and oxygen atoms in total. The van der Waals surface area contributed by atoms with Crippen LogP contribution < -0.4 is 14.8 Å². The second-order valence-electron chi connectivity index (χ2n) is 6.07. The van der Waals surface area contributed by atoms with Crippen LogP contribution in [0.4, 0.5) is 0 Å². The van der Waals surface area contributed by atoms with E-state index in [0.29, 0.717) is 12.3 Å². The first-order valence-electron chi connectivity index (χ1n) is 8.76. The third-order valence-electron chi connectivity index (χ3n) is 4.20. The van der Waals surface area contributed by atoms with Gasteiger partial charge in [-0.25, -0.2) is 9.97 Å². The van der Waals surface area contributed by atoms with Gasteiger partial charge >= 0.3 is 0 Å². The number of hydrogen-bond acceptors (Lipinski definition) is 6. The summed E-state index contributed by atoms with van der Waals surface area (Å²) in [6.45, 7) is 2.71. The number of aryl methyl sites for hydroxylation is 1. The molecule has 0 atom stereocenters. The minimum absolute atomic E-state index is 0.0431. The van der Waals surface area contributed by atoms with Gasteiger partial charge in [0.25, 0.3) is 0 Å². The second-order valence-corrected chi connectivity index (χ2v) is 7.03. The zero-order valence-corrected chi connectivity index (χ0v) is 15.7. The fraction of sp³-hybridized carbons (Fsp3) is 0.250. The van der Waals surface area contributed by atoms with Crippen LogP contribution in [0, 0.1) is 0 Å². The van der Waals surface area contributed by atoms with E-state index in [2.05, 4.69) is 15.3 Å². The highest BCUT2D eigenvalue weighted by Crippen LogP contribution is 2.32. The molecule has 1 amide bonds. The number of amides is 1. The van der Waals surface area contributed by atoms with Crippen molar-refractivity contribution in [3.63, 3.8) is 0 Å². The van der Waals surface area contributed by atoms with Gasteiger partial charge in [0.2, 0.25) is 12.7 Å². The third-order valence-corrected chi connectivity index (χ3v) is 5.19. The zero-order chi connectivity index (χ0) is 18.6. The minimum Gasteiger partial charge on any atom is -0.454 e. The Hall–Kier alpha value is -2.80. The van der Waals surface area contributed by atoms with E-state index in [-0.39, 0.29) is 12.7 Å². The number of hydrogen-bond donors (Lipinski definition) is 1. The molecule has 0 saturated heterocycles. The number of para-hydroxylation sites is 1. The normalized spacial score (nSPS) is 12.3. The van der Waals surface area contributed by atoms with Crippen molar-refractivity contribution in [3.05, 3.63) is 53.9 Å². The highest BCUT2D eigenvalue weighted by atomic mass is 32.2. The smallest absolute Gasteiger partial charge is 0.231 e. The van der Waals surface area contributed by atoms with Crippen molar-refractivity contribution >= 4 is 28.6 Å². The maximum atomic E-state index is 12.3. The third kappa shape index (κ3) is 3.98. The van der Waals surface area contributed by atoms with Crippen molar-refractivity contribution in [3.8, 4) is 11.5 Å². The highest BCUT2D eigenvalue weighted by molar-refractivity contribution is 8.00. The number of nitrogens with one attached hydrogen (secondary N) is 1. The molecule has 1 N–H and O–H groups in total. The van der Waals surface area contributed by atoms with Crippen molar-refractivity contribution in [1.82, 2.24) is 15.3 Å². The Labute approximate surface area is 161 Å². The number of aromatic nitrogens is 2. The van der Waals surface area contributed by atoms with Gasteiger partial charge in [0.05, 0.1) is 11.3 Å². The van der Waals surface area contributed by atoms with Gasteiger partial charge in [-0.05, 0) is 23.8 Å². The SMILES string of the molecule is CCc1nc(SCC(=O)NCc2ccc3c(c2)OCO3)c2ccccc2n1. The quantitative estimate of drug-likeness (QED) is 0.522. The molecule has 0 spiro atoms. The lowest BCUT2D eigenvalue weighted by Crippen LogP contribution is -2.24. The zero-order valence-electron chi connectivity index (χ0n) is 14.9. The Morgan fingerprint density at radius 3 is 2.89 bits per heavy atom. The molecule has 2 aromatic carbocycles. The lowest BCUT2D eigenvalue weighted by molar-refractivity contribution is -0.118. The van der Waals surface area contributed by atoms with Crippen molar-refractivity contribution in [1.29, 1.82) is 0 Å². The Balaban J connectivity index is 1.39. The Morgan fingerprint density at radius 1 is 1.15 bits per heavy atom. The molecule has 4 rings (SSSR count). The molecule has 1 aliphatic heterocycles. The number of carbonyl (C=O) groups excluding carboxylic acids is 1. The summed E-state index contributed by atoms with van der Waals surface area (Å²) < 4.78 is 10.7. The number of fused-ring (bicyclic) bond motifs is 2. The Kier molecular flexibility index (Phi) is 5.11. The minimum atomic E-state index is -0.0431. The van der Waals surface area contributed by atoms with E-state index in [0.717, 1.165) is 45.2 Å². The number of thioether (sulfide) groups is 1. The summed E-state index contributed by atoms with van der Waals surface area (Å²) in [5.74, 6) is 2.50. The molecule has 3 aromatic rings. The van der Waals surface area contributed by atoms with Crippen molar-refractivity contribution in [2.75, 3.05) is 12.5 Å². The highest BCUT2D eigenvalue weighted by Gasteiger charge is 2.14. The van der Waals surface area contributed by atoms with Gasteiger partial charge in [0.15, 0.2) is 11.5 Å². The molecule has 1 aliphatic rings. The summed E-state index contributed by atoms with van der Waals surface area (Å²) in [4.78, 5) is 21.4. The monoisotopic (exact) mass is 381 g/mol. The van der Waals surface area contributed by atoms with Crippen LogP contribution in [0.3, 0.4) is 0 Å². The molecule has 0 aliphatic carbocycles. The van der Waals surface area contributed by atoms with E-state index in [1.54, 1.807) is 0 Å². The summed E-state index contributed by atoms with van der Waals surface area (Å²) in [7, 11) is 0. The van der Waals surface area contributed by atoms with E-state index < -0.39 is 0 Å². The van der Waals surface area contributed by atoms with Crippen LogP contribution in [0.25, 0.3) is 10.9 Å². The van der Waals surface area contributed by atoms with Crippen LogP contribution in [0.1, 0.15) is 18.3 Å². The molecule has 138 valence electrons. The molecule has 0 radical (unpaired) electrons. The molecule has 1 aromatic heterocycles. The largest absolute Gasteiger partial charge is 0.454 e. The Morgan fingerprint density at radius 2 is 2.00 bits per heavy atom. The molecule has 0 saturated carbocycles. The predicted octanol–water partition coefficient (Wildman–Crippen LogP) is 3.33. The van der Waals surface area contributed by atoms with E-state index in [1.807, 2.05) is 49.4 Å².